The Morgan fingerprint density at radius 2 is 1.62 bits per heavy atom. The minimum Gasteiger partial charge on any atom is -0.460 e. The summed E-state index contributed by atoms with van der Waals surface area (Å²) < 4.78 is 39.3. The minimum absolute atomic E-state index is 0.125. The van der Waals surface area contributed by atoms with Gasteiger partial charge in [0.25, 0.3) is 10.0 Å². The monoisotopic (exact) mass is 449 g/mol. The van der Waals surface area contributed by atoms with Crippen molar-refractivity contribution in [2.75, 3.05) is 10.9 Å². The highest BCUT2D eigenvalue weighted by molar-refractivity contribution is 7.92. The zero-order valence-electron chi connectivity index (χ0n) is 17.8. The summed E-state index contributed by atoms with van der Waals surface area (Å²) in [7, 11) is -3.84. The topological polar surface area (TPSA) is 76.8 Å². The van der Waals surface area contributed by atoms with Crippen LogP contribution in [0.25, 0.3) is 11.0 Å². The van der Waals surface area contributed by atoms with Gasteiger partial charge in [-0.05, 0) is 49.7 Å². The van der Waals surface area contributed by atoms with E-state index in [-0.39, 0.29) is 23.8 Å². The van der Waals surface area contributed by atoms with Crippen molar-refractivity contribution in [3.05, 3.63) is 95.7 Å². The number of aryl methyl sites for hydroxylation is 1. The predicted molar refractivity (Wildman–Crippen MR) is 123 cm³/mol. The first-order chi connectivity index (χ1) is 15.4. The van der Waals surface area contributed by atoms with Gasteiger partial charge in [-0.2, -0.15) is 0 Å². The van der Waals surface area contributed by atoms with Gasteiger partial charge in [0.15, 0.2) is 0 Å². The molecule has 0 amide bonds. The lowest BCUT2D eigenvalue weighted by atomic mass is 10.1. The number of carbonyl (C=O) groups is 1. The SMILES string of the molecule is CCOC(=O)c1oc2ccc(N(Cc3ccccc3)S(=O)(=O)c3ccccc3)cc2c1C. The predicted octanol–water partition coefficient (Wildman–Crippen LogP) is 5.31. The Morgan fingerprint density at radius 3 is 2.28 bits per heavy atom. The largest absolute Gasteiger partial charge is 0.460 e. The molecule has 4 rings (SSSR count). The summed E-state index contributed by atoms with van der Waals surface area (Å²) in [5.74, 6) is -0.416. The molecule has 0 aliphatic carbocycles. The number of ether oxygens (including phenoxy) is 1. The van der Waals surface area contributed by atoms with Gasteiger partial charge < -0.3 is 9.15 Å². The Labute approximate surface area is 187 Å². The van der Waals surface area contributed by atoms with Crippen LogP contribution in [0.2, 0.25) is 0 Å². The molecular formula is C25H23NO5S. The molecule has 0 fully saturated rings. The molecule has 0 aliphatic heterocycles. The van der Waals surface area contributed by atoms with Crippen LogP contribution in [-0.4, -0.2) is 21.0 Å². The van der Waals surface area contributed by atoms with E-state index in [1.807, 2.05) is 30.3 Å². The van der Waals surface area contributed by atoms with E-state index in [1.54, 1.807) is 62.4 Å². The van der Waals surface area contributed by atoms with Gasteiger partial charge in [-0.1, -0.05) is 48.5 Å². The molecule has 0 aliphatic rings. The second kappa shape index (κ2) is 8.88. The van der Waals surface area contributed by atoms with E-state index in [1.165, 1.54) is 4.31 Å². The smallest absolute Gasteiger partial charge is 0.374 e. The molecule has 1 aromatic heterocycles. The third-order valence-corrected chi connectivity index (χ3v) is 6.96. The van der Waals surface area contributed by atoms with E-state index in [0.717, 1.165) is 5.56 Å². The van der Waals surface area contributed by atoms with Gasteiger partial charge in [-0.3, -0.25) is 4.31 Å². The number of sulfonamides is 1. The quantitative estimate of drug-likeness (QED) is 0.357. The molecule has 0 saturated carbocycles. The van der Waals surface area contributed by atoms with Crippen LogP contribution in [-0.2, 0) is 21.3 Å². The normalized spacial score (nSPS) is 11.4. The number of hydrogen-bond donors (Lipinski definition) is 0. The molecule has 3 aromatic carbocycles. The lowest BCUT2D eigenvalue weighted by Crippen LogP contribution is -2.30. The maximum absolute atomic E-state index is 13.6. The van der Waals surface area contributed by atoms with Crippen LogP contribution in [0.1, 0.15) is 28.6 Å². The second-order valence-corrected chi connectivity index (χ2v) is 9.13. The van der Waals surface area contributed by atoms with Crippen LogP contribution in [0.15, 0.2) is 88.2 Å². The molecule has 0 saturated heterocycles. The van der Waals surface area contributed by atoms with Crippen molar-refractivity contribution >= 4 is 32.6 Å². The summed E-state index contributed by atoms with van der Waals surface area (Å²) in [6.07, 6.45) is 0. The molecule has 7 heteroatoms. The lowest BCUT2D eigenvalue weighted by molar-refractivity contribution is 0.0491. The average molecular weight is 450 g/mol. The molecule has 4 aromatic rings. The third kappa shape index (κ3) is 4.11. The molecular weight excluding hydrogens is 426 g/mol. The number of carbonyl (C=O) groups excluding carboxylic acids is 1. The Morgan fingerprint density at radius 1 is 0.969 bits per heavy atom. The van der Waals surface area contributed by atoms with Crippen LogP contribution >= 0.6 is 0 Å². The molecule has 6 nitrogen and oxygen atoms in total. The fourth-order valence-electron chi connectivity index (χ4n) is 3.54. The molecule has 164 valence electrons. The number of anilines is 1. The Hall–Kier alpha value is -3.58. The van der Waals surface area contributed by atoms with Crippen molar-refractivity contribution < 1.29 is 22.4 Å². The number of hydrogen-bond acceptors (Lipinski definition) is 5. The molecule has 0 N–H and O–H groups in total. The third-order valence-electron chi connectivity index (χ3n) is 5.17. The molecule has 32 heavy (non-hydrogen) atoms. The summed E-state index contributed by atoms with van der Waals surface area (Å²) in [5.41, 5.74) is 2.43. The van der Waals surface area contributed by atoms with E-state index in [0.29, 0.717) is 22.2 Å². The number of fused-ring (bicyclic) bond motifs is 1. The van der Waals surface area contributed by atoms with Crippen LogP contribution in [0.3, 0.4) is 0 Å². The van der Waals surface area contributed by atoms with Crippen molar-refractivity contribution in [1.82, 2.24) is 0 Å². The highest BCUT2D eigenvalue weighted by Gasteiger charge is 2.27. The summed E-state index contributed by atoms with van der Waals surface area (Å²) in [5, 5.41) is 0.659. The highest BCUT2D eigenvalue weighted by Crippen LogP contribution is 2.33. The number of furan rings is 1. The zero-order chi connectivity index (χ0) is 22.7. The first-order valence-electron chi connectivity index (χ1n) is 10.2. The van der Waals surface area contributed by atoms with Gasteiger partial charge in [-0.25, -0.2) is 13.2 Å². The van der Waals surface area contributed by atoms with Gasteiger partial charge >= 0.3 is 5.97 Å². The number of esters is 1. The first kappa shape index (κ1) is 21.6. The van der Waals surface area contributed by atoms with Gasteiger partial charge in [0.1, 0.15) is 5.58 Å². The van der Waals surface area contributed by atoms with Gasteiger partial charge in [0, 0.05) is 10.9 Å². The fourth-order valence-corrected chi connectivity index (χ4v) is 5.01. The highest BCUT2D eigenvalue weighted by atomic mass is 32.2. The van der Waals surface area contributed by atoms with Crippen molar-refractivity contribution in [2.45, 2.75) is 25.3 Å². The first-order valence-corrected chi connectivity index (χ1v) is 11.7. The molecule has 0 bridgehead atoms. The fraction of sp³-hybridized carbons (Fsp3) is 0.160. The Balaban J connectivity index is 1.83. The van der Waals surface area contributed by atoms with E-state index < -0.39 is 16.0 Å². The van der Waals surface area contributed by atoms with Crippen LogP contribution in [0, 0.1) is 6.92 Å². The molecule has 1 heterocycles. The zero-order valence-corrected chi connectivity index (χ0v) is 18.6. The maximum atomic E-state index is 13.6. The van der Waals surface area contributed by atoms with Gasteiger partial charge in [0.05, 0.1) is 23.7 Å². The van der Waals surface area contributed by atoms with Crippen molar-refractivity contribution in [1.29, 1.82) is 0 Å². The van der Waals surface area contributed by atoms with E-state index >= 15 is 0 Å². The number of benzene rings is 3. The van der Waals surface area contributed by atoms with Crippen LogP contribution in [0.4, 0.5) is 5.69 Å². The average Bonchev–Trinajstić information content (AvgIpc) is 3.15. The number of nitrogens with zero attached hydrogens (tertiary/aromatic N) is 1. The Kier molecular flexibility index (Phi) is 6.01. The van der Waals surface area contributed by atoms with E-state index in [2.05, 4.69) is 0 Å². The van der Waals surface area contributed by atoms with Gasteiger partial charge in [0.2, 0.25) is 5.76 Å². The lowest BCUT2D eigenvalue weighted by Gasteiger charge is -2.25. The summed E-state index contributed by atoms with van der Waals surface area (Å²) >= 11 is 0. The summed E-state index contributed by atoms with van der Waals surface area (Å²) in [4.78, 5) is 12.4. The molecule has 0 spiro atoms. The van der Waals surface area contributed by atoms with Crippen molar-refractivity contribution in [2.24, 2.45) is 0 Å². The van der Waals surface area contributed by atoms with E-state index in [9.17, 15) is 13.2 Å². The number of rotatable bonds is 7. The molecule has 0 unspecified atom stereocenters. The maximum Gasteiger partial charge on any atom is 0.374 e. The molecule has 0 atom stereocenters. The van der Waals surface area contributed by atoms with Crippen molar-refractivity contribution in [3.63, 3.8) is 0 Å². The van der Waals surface area contributed by atoms with Crippen LogP contribution in [0.5, 0.6) is 0 Å². The molecule has 0 radical (unpaired) electrons. The van der Waals surface area contributed by atoms with Crippen LogP contribution < -0.4 is 4.31 Å². The standard InChI is InChI=1S/C25H23NO5S/c1-3-30-25(27)24-18(2)22-16-20(14-15-23(22)31-24)26(17-19-10-6-4-7-11-19)32(28,29)21-12-8-5-9-13-21/h4-16H,3,17H2,1-2H3. The second-order valence-electron chi connectivity index (χ2n) is 7.27. The van der Waals surface area contributed by atoms with E-state index in [4.69, 9.17) is 9.15 Å². The summed E-state index contributed by atoms with van der Waals surface area (Å²) in [6.45, 7) is 3.88. The van der Waals surface area contributed by atoms with Crippen molar-refractivity contribution in [3.8, 4) is 0 Å². The Bertz CT molecular complexity index is 1350. The van der Waals surface area contributed by atoms with Gasteiger partial charge in [-0.15, -0.1) is 0 Å². The summed E-state index contributed by atoms with van der Waals surface area (Å²) in [6, 6.07) is 22.8. The minimum atomic E-state index is -3.84.